The molecular weight excluding hydrogens is 234 g/mol. The summed E-state index contributed by atoms with van der Waals surface area (Å²) < 4.78 is 0. The lowest BCUT2D eigenvalue weighted by atomic mass is 9.80. The number of nitrogens with one attached hydrogen (secondary N) is 1. The molecule has 0 radical (unpaired) electrons. The van der Waals surface area contributed by atoms with Crippen LogP contribution in [-0.2, 0) is 0 Å². The summed E-state index contributed by atoms with van der Waals surface area (Å²) in [6, 6.07) is 3.97. The van der Waals surface area contributed by atoms with Crippen molar-refractivity contribution in [3.8, 4) is 0 Å². The predicted octanol–water partition coefficient (Wildman–Crippen LogP) is 3.24. The maximum Gasteiger partial charge on any atom is 0.148 e. The van der Waals surface area contributed by atoms with Crippen LogP contribution in [-0.4, -0.2) is 22.6 Å². The number of halogens is 1. The van der Waals surface area contributed by atoms with Crippen molar-refractivity contribution in [1.29, 1.82) is 0 Å². The molecule has 3 nitrogen and oxygen atoms in total. The highest BCUT2D eigenvalue weighted by atomic mass is 35.5. The summed E-state index contributed by atoms with van der Waals surface area (Å²) in [6.07, 6.45) is 5.22. The normalized spacial score (nSPS) is 24.6. The van der Waals surface area contributed by atoms with E-state index in [4.69, 9.17) is 11.6 Å². The van der Waals surface area contributed by atoms with E-state index in [0.29, 0.717) is 11.8 Å². The quantitative estimate of drug-likeness (QED) is 0.838. The predicted molar refractivity (Wildman–Crippen MR) is 71.4 cm³/mol. The third-order valence-corrected chi connectivity index (χ3v) is 4.00. The Balaban J connectivity index is 1.86. The summed E-state index contributed by atoms with van der Waals surface area (Å²) in [5.41, 5.74) is 0.951. The molecule has 0 amide bonds. The number of anilines is 1. The Bertz CT molecular complexity index is 339. The number of rotatable bonds is 4. The molecule has 0 bridgehead atoms. The van der Waals surface area contributed by atoms with E-state index in [1.807, 2.05) is 19.1 Å². The van der Waals surface area contributed by atoms with Gasteiger partial charge in [0, 0.05) is 12.4 Å². The second kappa shape index (κ2) is 6.20. The highest BCUT2D eigenvalue weighted by Crippen LogP contribution is 2.30. The molecule has 1 heterocycles. The first kappa shape index (κ1) is 12.6. The Labute approximate surface area is 108 Å². The lowest BCUT2D eigenvalue weighted by Crippen LogP contribution is -2.27. The standard InChI is InChI=1S/C13H20ClN3/c1-10-6-7-13(17-16-10)15-9-12-5-3-2-4-11(12)8-14/h6-7,11-12H,2-5,8-9H2,1H3,(H,15,17). The summed E-state index contributed by atoms with van der Waals surface area (Å²) in [5, 5.41) is 11.5. The van der Waals surface area contributed by atoms with E-state index in [1.54, 1.807) is 0 Å². The summed E-state index contributed by atoms with van der Waals surface area (Å²) in [5.74, 6) is 3.00. The van der Waals surface area contributed by atoms with Gasteiger partial charge in [0.15, 0.2) is 0 Å². The molecule has 2 atom stereocenters. The van der Waals surface area contributed by atoms with E-state index in [2.05, 4.69) is 15.5 Å². The minimum atomic E-state index is 0.663. The number of hydrogen-bond acceptors (Lipinski definition) is 3. The summed E-state index contributed by atoms with van der Waals surface area (Å²) >= 11 is 6.02. The lowest BCUT2D eigenvalue weighted by Gasteiger charge is -2.30. The molecule has 1 N–H and O–H groups in total. The van der Waals surface area contributed by atoms with Crippen LogP contribution in [0.4, 0.5) is 5.82 Å². The SMILES string of the molecule is Cc1ccc(NCC2CCCCC2CCl)nn1. The van der Waals surface area contributed by atoms with Crippen LogP contribution in [0.2, 0.25) is 0 Å². The van der Waals surface area contributed by atoms with Gasteiger partial charge in [0.2, 0.25) is 0 Å². The van der Waals surface area contributed by atoms with Gasteiger partial charge in [0.25, 0.3) is 0 Å². The van der Waals surface area contributed by atoms with Gasteiger partial charge in [-0.05, 0) is 43.7 Å². The molecule has 1 aromatic rings. The van der Waals surface area contributed by atoms with Gasteiger partial charge in [-0.15, -0.1) is 16.7 Å². The van der Waals surface area contributed by atoms with Crippen LogP contribution in [0.25, 0.3) is 0 Å². The second-order valence-corrected chi connectivity index (χ2v) is 5.21. The smallest absolute Gasteiger partial charge is 0.148 e. The number of aryl methyl sites for hydroxylation is 1. The Hall–Kier alpha value is -0.830. The van der Waals surface area contributed by atoms with Crippen LogP contribution in [0.3, 0.4) is 0 Å². The van der Waals surface area contributed by atoms with E-state index >= 15 is 0 Å². The van der Waals surface area contributed by atoms with Crippen LogP contribution in [0.5, 0.6) is 0 Å². The van der Waals surface area contributed by atoms with Gasteiger partial charge in [-0.25, -0.2) is 0 Å². The summed E-state index contributed by atoms with van der Waals surface area (Å²) in [4.78, 5) is 0. The zero-order valence-corrected chi connectivity index (χ0v) is 11.1. The van der Waals surface area contributed by atoms with E-state index in [9.17, 15) is 0 Å². The molecule has 0 spiro atoms. The first-order valence-corrected chi connectivity index (χ1v) is 6.93. The molecule has 1 fully saturated rings. The van der Waals surface area contributed by atoms with Gasteiger partial charge in [0.1, 0.15) is 5.82 Å². The van der Waals surface area contributed by atoms with E-state index in [0.717, 1.165) is 23.9 Å². The molecule has 4 heteroatoms. The first-order valence-electron chi connectivity index (χ1n) is 6.40. The maximum atomic E-state index is 6.02. The molecule has 17 heavy (non-hydrogen) atoms. The average Bonchev–Trinajstić information content (AvgIpc) is 2.38. The highest BCUT2D eigenvalue weighted by molar-refractivity contribution is 6.18. The third kappa shape index (κ3) is 3.56. The minimum Gasteiger partial charge on any atom is -0.368 e. The molecule has 1 aliphatic carbocycles. The molecule has 94 valence electrons. The number of alkyl halides is 1. The minimum absolute atomic E-state index is 0.663. The maximum absolute atomic E-state index is 6.02. The van der Waals surface area contributed by atoms with Crippen LogP contribution in [0.15, 0.2) is 12.1 Å². The molecule has 1 aliphatic rings. The van der Waals surface area contributed by atoms with Crippen molar-refractivity contribution < 1.29 is 0 Å². The van der Waals surface area contributed by atoms with Gasteiger partial charge >= 0.3 is 0 Å². The summed E-state index contributed by atoms with van der Waals surface area (Å²) in [6.45, 7) is 2.91. The van der Waals surface area contributed by atoms with Crippen LogP contribution >= 0.6 is 11.6 Å². The molecule has 2 rings (SSSR count). The summed E-state index contributed by atoms with van der Waals surface area (Å²) in [7, 11) is 0. The van der Waals surface area contributed by atoms with Gasteiger partial charge in [0.05, 0.1) is 5.69 Å². The fourth-order valence-electron chi connectivity index (χ4n) is 2.49. The second-order valence-electron chi connectivity index (χ2n) is 4.90. The van der Waals surface area contributed by atoms with Crippen LogP contribution in [0, 0.1) is 18.8 Å². The Kier molecular flexibility index (Phi) is 4.60. The van der Waals surface area contributed by atoms with Crippen molar-refractivity contribution in [3.05, 3.63) is 17.8 Å². The molecule has 2 unspecified atom stereocenters. The van der Waals surface area contributed by atoms with Crippen molar-refractivity contribution in [1.82, 2.24) is 10.2 Å². The largest absolute Gasteiger partial charge is 0.368 e. The molecule has 0 aromatic carbocycles. The molecule has 1 aromatic heterocycles. The molecule has 1 saturated carbocycles. The molecular formula is C13H20ClN3. The van der Waals surface area contributed by atoms with Crippen LogP contribution < -0.4 is 5.32 Å². The van der Waals surface area contributed by atoms with Gasteiger partial charge in [-0.2, -0.15) is 5.10 Å². The average molecular weight is 254 g/mol. The van der Waals surface area contributed by atoms with Crippen molar-refractivity contribution >= 4 is 17.4 Å². The van der Waals surface area contributed by atoms with Crippen molar-refractivity contribution in [3.63, 3.8) is 0 Å². The first-order chi connectivity index (χ1) is 8.29. The zero-order valence-electron chi connectivity index (χ0n) is 10.3. The van der Waals surface area contributed by atoms with E-state index in [-0.39, 0.29) is 0 Å². The third-order valence-electron chi connectivity index (χ3n) is 3.61. The van der Waals surface area contributed by atoms with Crippen molar-refractivity contribution in [2.45, 2.75) is 32.6 Å². The monoisotopic (exact) mass is 253 g/mol. The molecule has 0 aliphatic heterocycles. The van der Waals surface area contributed by atoms with Crippen molar-refractivity contribution in [2.24, 2.45) is 11.8 Å². The fourth-order valence-corrected chi connectivity index (χ4v) is 2.89. The Morgan fingerprint density at radius 1 is 1.24 bits per heavy atom. The topological polar surface area (TPSA) is 37.8 Å². The van der Waals surface area contributed by atoms with Crippen LogP contribution in [0.1, 0.15) is 31.4 Å². The van der Waals surface area contributed by atoms with E-state index in [1.165, 1.54) is 25.7 Å². The Morgan fingerprint density at radius 2 is 2.00 bits per heavy atom. The van der Waals surface area contributed by atoms with E-state index < -0.39 is 0 Å². The highest BCUT2D eigenvalue weighted by Gasteiger charge is 2.23. The fraction of sp³-hybridized carbons (Fsp3) is 0.692. The Morgan fingerprint density at radius 3 is 2.65 bits per heavy atom. The van der Waals surface area contributed by atoms with Crippen molar-refractivity contribution in [2.75, 3.05) is 17.7 Å². The van der Waals surface area contributed by atoms with Gasteiger partial charge in [-0.3, -0.25) is 0 Å². The lowest BCUT2D eigenvalue weighted by molar-refractivity contribution is 0.272. The van der Waals surface area contributed by atoms with Gasteiger partial charge in [-0.1, -0.05) is 12.8 Å². The zero-order chi connectivity index (χ0) is 12.1. The van der Waals surface area contributed by atoms with Gasteiger partial charge < -0.3 is 5.32 Å². The molecule has 0 saturated heterocycles. The number of nitrogens with zero attached hydrogens (tertiary/aromatic N) is 2. The number of aromatic nitrogens is 2. The number of hydrogen-bond donors (Lipinski definition) is 1.